The van der Waals surface area contributed by atoms with Gasteiger partial charge in [-0.1, -0.05) is 17.7 Å². The molecule has 1 amide bonds. The number of carbonyl (C=O) groups is 1. The Balaban J connectivity index is 2.08. The number of hydrogen-bond donors (Lipinski definition) is 1. The molecule has 18 heavy (non-hydrogen) atoms. The fourth-order valence-corrected chi connectivity index (χ4v) is 2.20. The standard InChI is InChI=1S/C13H16ClNO3/c14-10-3-1-4-11(7-10)15-8-12(5-2-6-16)18-9-13(15)17/h1,3-4,7,12,16H,2,5-6,8-9H2. The molecule has 98 valence electrons. The molecule has 5 heteroatoms. The topological polar surface area (TPSA) is 49.8 Å². The minimum Gasteiger partial charge on any atom is -0.396 e. The van der Waals surface area contributed by atoms with E-state index in [1.807, 2.05) is 12.1 Å². The third-order valence-corrected chi connectivity index (χ3v) is 3.17. The Morgan fingerprint density at radius 1 is 1.50 bits per heavy atom. The lowest BCUT2D eigenvalue weighted by Gasteiger charge is -2.32. The smallest absolute Gasteiger partial charge is 0.253 e. The van der Waals surface area contributed by atoms with Crippen LogP contribution in [-0.4, -0.2) is 36.9 Å². The maximum Gasteiger partial charge on any atom is 0.253 e. The Bertz CT molecular complexity index is 424. The van der Waals surface area contributed by atoms with E-state index in [-0.39, 0.29) is 25.2 Å². The number of hydrogen-bond acceptors (Lipinski definition) is 3. The Labute approximate surface area is 111 Å². The summed E-state index contributed by atoms with van der Waals surface area (Å²) in [6.45, 7) is 0.743. The first-order valence-electron chi connectivity index (χ1n) is 5.99. The number of benzene rings is 1. The largest absolute Gasteiger partial charge is 0.396 e. The van der Waals surface area contributed by atoms with Gasteiger partial charge < -0.3 is 14.7 Å². The molecule has 1 unspecified atom stereocenters. The molecule has 0 aromatic heterocycles. The number of rotatable bonds is 4. The van der Waals surface area contributed by atoms with E-state index in [1.165, 1.54) is 0 Å². The highest BCUT2D eigenvalue weighted by Gasteiger charge is 2.27. The maximum absolute atomic E-state index is 11.8. The van der Waals surface area contributed by atoms with E-state index in [2.05, 4.69) is 0 Å². The van der Waals surface area contributed by atoms with Gasteiger partial charge in [0.2, 0.25) is 0 Å². The van der Waals surface area contributed by atoms with Gasteiger partial charge in [-0.15, -0.1) is 0 Å². The Hall–Kier alpha value is -1.10. The molecule has 0 saturated carbocycles. The van der Waals surface area contributed by atoms with Crippen LogP contribution in [0.4, 0.5) is 5.69 Å². The van der Waals surface area contributed by atoms with Gasteiger partial charge >= 0.3 is 0 Å². The van der Waals surface area contributed by atoms with Crippen LogP contribution in [0.5, 0.6) is 0 Å². The molecule has 1 atom stereocenters. The number of aliphatic hydroxyl groups excluding tert-OH is 1. The van der Waals surface area contributed by atoms with Crippen LogP contribution in [0.15, 0.2) is 24.3 Å². The quantitative estimate of drug-likeness (QED) is 0.907. The minimum absolute atomic E-state index is 0.0196. The fourth-order valence-electron chi connectivity index (χ4n) is 2.01. The monoisotopic (exact) mass is 269 g/mol. The van der Waals surface area contributed by atoms with Crippen molar-refractivity contribution in [3.05, 3.63) is 29.3 Å². The fraction of sp³-hybridized carbons (Fsp3) is 0.462. The van der Waals surface area contributed by atoms with Crippen LogP contribution in [-0.2, 0) is 9.53 Å². The van der Waals surface area contributed by atoms with Gasteiger partial charge in [-0.2, -0.15) is 0 Å². The van der Waals surface area contributed by atoms with Gasteiger partial charge in [0.25, 0.3) is 5.91 Å². The minimum atomic E-state index is -0.0579. The van der Waals surface area contributed by atoms with Gasteiger partial charge in [-0.05, 0) is 31.0 Å². The Kier molecular flexibility index (Phi) is 4.58. The van der Waals surface area contributed by atoms with Crippen molar-refractivity contribution in [1.29, 1.82) is 0 Å². The molecule has 4 nitrogen and oxygen atoms in total. The maximum atomic E-state index is 11.8. The summed E-state index contributed by atoms with van der Waals surface area (Å²) >= 11 is 5.93. The first kappa shape index (κ1) is 13.3. The van der Waals surface area contributed by atoms with Gasteiger partial charge in [-0.3, -0.25) is 4.79 Å². The van der Waals surface area contributed by atoms with Crippen molar-refractivity contribution in [2.45, 2.75) is 18.9 Å². The molecule has 2 rings (SSSR count). The van der Waals surface area contributed by atoms with Crippen LogP contribution in [0.3, 0.4) is 0 Å². The molecule has 0 bridgehead atoms. The number of morpholine rings is 1. The van der Waals surface area contributed by atoms with Crippen molar-refractivity contribution < 1.29 is 14.6 Å². The predicted molar refractivity (Wildman–Crippen MR) is 69.9 cm³/mol. The van der Waals surface area contributed by atoms with E-state index in [9.17, 15) is 4.79 Å². The van der Waals surface area contributed by atoms with E-state index in [0.29, 0.717) is 18.0 Å². The second-order valence-corrected chi connectivity index (χ2v) is 4.72. The molecule has 1 aliphatic rings. The van der Waals surface area contributed by atoms with Crippen molar-refractivity contribution in [1.82, 2.24) is 0 Å². The number of amides is 1. The van der Waals surface area contributed by atoms with Crippen molar-refractivity contribution in [3.8, 4) is 0 Å². The van der Waals surface area contributed by atoms with Crippen LogP contribution >= 0.6 is 11.6 Å². The summed E-state index contributed by atoms with van der Waals surface area (Å²) in [6, 6.07) is 7.23. The lowest BCUT2D eigenvalue weighted by atomic mass is 10.1. The van der Waals surface area contributed by atoms with Crippen LogP contribution in [0, 0.1) is 0 Å². The lowest BCUT2D eigenvalue weighted by Crippen LogP contribution is -2.46. The molecule has 0 spiro atoms. The third kappa shape index (κ3) is 3.22. The zero-order valence-electron chi connectivity index (χ0n) is 10.0. The van der Waals surface area contributed by atoms with Crippen molar-refractivity contribution >= 4 is 23.2 Å². The zero-order chi connectivity index (χ0) is 13.0. The highest BCUT2D eigenvalue weighted by molar-refractivity contribution is 6.30. The second kappa shape index (κ2) is 6.18. The van der Waals surface area contributed by atoms with E-state index >= 15 is 0 Å². The molecule has 1 N–H and O–H groups in total. The van der Waals surface area contributed by atoms with Gasteiger partial charge in [0, 0.05) is 17.3 Å². The average molecular weight is 270 g/mol. The summed E-state index contributed by atoms with van der Waals surface area (Å²) in [4.78, 5) is 13.5. The van der Waals surface area contributed by atoms with Crippen molar-refractivity contribution in [2.75, 3.05) is 24.7 Å². The zero-order valence-corrected chi connectivity index (χ0v) is 10.8. The Morgan fingerprint density at radius 2 is 2.33 bits per heavy atom. The SMILES string of the molecule is O=C1COC(CCCO)CN1c1cccc(Cl)c1. The number of ether oxygens (including phenoxy) is 1. The summed E-state index contributed by atoms with van der Waals surface area (Å²) in [7, 11) is 0. The van der Waals surface area contributed by atoms with Crippen molar-refractivity contribution in [3.63, 3.8) is 0 Å². The molecule has 1 aromatic carbocycles. The van der Waals surface area contributed by atoms with E-state index in [1.54, 1.807) is 17.0 Å². The average Bonchev–Trinajstić information content (AvgIpc) is 2.38. The van der Waals surface area contributed by atoms with Crippen LogP contribution in [0.1, 0.15) is 12.8 Å². The lowest BCUT2D eigenvalue weighted by molar-refractivity contribution is -0.129. The summed E-state index contributed by atoms with van der Waals surface area (Å²) in [5.41, 5.74) is 0.796. The number of nitrogens with zero attached hydrogens (tertiary/aromatic N) is 1. The first-order chi connectivity index (χ1) is 8.70. The Morgan fingerprint density at radius 3 is 3.06 bits per heavy atom. The summed E-state index contributed by atoms with van der Waals surface area (Å²) < 4.78 is 5.44. The highest BCUT2D eigenvalue weighted by Crippen LogP contribution is 2.23. The van der Waals surface area contributed by atoms with Gasteiger partial charge in [0.05, 0.1) is 12.6 Å². The third-order valence-electron chi connectivity index (χ3n) is 2.93. The molecular weight excluding hydrogens is 254 g/mol. The molecule has 1 fully saturated rings. The summed E-state index contributed by atoms with van der Waals surface area (Å²) in [6.07, 6.45) is 1.41. The molecule has 0 radical (unpaired) electrons. The molecule has 1 heterocycles. The predicted octanol–water partition coefficient (Wildman–Crippen LogP) is 1.84. The van der Waals surface area contributed by atoms with E-state index in [0.717, 1.165) is 12.1 Å². The number of carbonyl (C=O) groups excluding carboxylic acids is 1. The molecule has 1 aliphatic heterocycles. The number of anilines is 1. The van der Waals surface area contributed by atoms with Crippen LogP contribution in [0.2, 0.25) is 5.02 Å². The molecular formula is C13H16ClNO3. The molecule has 0 aliphatic carbocycles. The van der Waals surface area contributed by atoms with E-state index < -0.39 is 0 Å². The van der Waals surface area contributed by atoms with Gasteiger partial charge in [0.1, 0.15) is 6.61 Å². The summed E-state index contributed by atoms with van der Waals surface area (Å²) in [5.74, 6) is -0.0579. The van der Waals surface area contributed by atoms with E-state index in [4.69, 9.17) is 21.4 Å². The van der Waals surface area contributed by atoms with Gasteiger partial charge in [0.15, 0.2) is 0 Å². The molecule has 1 saturated heterocycles. The molecule has 1 aromatic rings. The normalized spacial score (nSPS) is 20.2. The van der Waals surface area contributed by atoms with Crippen molar-refractivity contribution in [2.24, 2.45) is 0 Å². The second-order valence-electron chi connectivity index (χ2n) is 4.28. The number of halogens is 1. The highest BCUT2D eigenvalue weighted by atomic mass is 35.5. The van der Waals surface area contributed by atoms with Crippen LogP contribution in [0.25, 0.3) is 0 Å². The van der Waals surface area contributed by atoms with Gasteiger partial charge in [-0.25, -0.2) is 0 Å². The summed E-state index contributed by atoms with van der Waals surface area (Å²) in [5, 5.41) is 9.42. The number of aliphatic hydroxyl groups is 1. The van der Waals surface area contributed by atoms with Crippen LogP contribution < -0.4 is 4.90 Å². The first-order valence-corrected chi connectivity index (χ1v) is 6.37.